The Hall–Kier alpha value is -2.49. The molecule has 1 heterocycles. The molecule has 1 aromatic carbocycles. The van der Waals surface area contributed by atoms with Gasteiger partial charge >= 0.3 is 6.03 Å². The van der Waals surface area contributed by atoms with Crippen molar-refractivity contribution in [2.45, 2.75) is 72.6 Å². The van der Waals surface area contributed by atoms with Gasteiger partial charge in [0.1, 0.15) is 6.61 Å². The van der Waals surface area contributed by atoms with E-state index in [9.17, 15) is 14.4 Å². The number of imide groups is 1. The smallest absolute Gasteiger partial charge is 0.326 e. The van der Waals surface area contributed by atoms with Crippen molar-refractivity contribution in [3.8, 4) is 0 Å². The van der Waals surface area contributed by atoms with Gasteiger partial charge in [-0.05, 0) is 38.3 Å². The van der Waals surface area contributed by atoms with Crippen LogP contribution in [0.5, 0.6) is 0 Å². The summed E-state index contributed by atoms with van der Waals surface area (Å²) in [6, 6.07) is 7.36. The lowest BCUT2D eigenvalue weighted by Crippen LogP contribution is -2.72. The molecule has 0 saturated carbocycles. The van der Waals surface area contributed by atoms with E-state index >= 15 is 0 Å². The third kappa shape index (κ3) is 7.55. The van der Waals surface area contributed by atoms with Crippen molar-refractivity contribution in [1.82, 2.24) is 20.0 Å². The highest BCUT2D eigenvalue weighted by Gasteiger charge is 2.62. The third-order valence-corrected chi connectivity index (χ3v) is 7.79. The van der Waals surface area contributed by atoms with Crippen molar-refractivity contribution < 1.29 is 23.9 Å². The number of aryl methyl sites for hydroxylation is 1. The number of nitrogens with one attached hydrogen (secondary N) is 1. The molecule has 0 bridgehead atoms. The van der Waals surface area contributed by atoms with Gasteiger partial charge in [0, 0.05) is 33.8 Å². The first kappa shape index (κ1) is 31.7. The fourth-order valence-electron chi connectivity index (χ4n) is 4.92. The second-order valence-corrected chi connectivity index (χ2v) is 10.1. The lowest BCUT2D eigenvalue weighted by molar-refractivity contribution is -0.211. The number of likely N-dealkylation sites (N-methyl/N-ethyl adjacent to an activating group) is 2. The van der Waals surface area contributed by atoms with Gasteiger partial charge < -0.3 is 19.7 Å². The topological polar surface area (TPSA) is 91.4 Å². The van der Waals surface area contributed by atoms with Gasteiger partial charge in [-0.3, -0.25) is 14.5 Å². The summed E-state index contributed by atoms with van der Waals surface area (Å²) in [6.45, 7) is 13.4. The quantitative estimate of drug-likeness (QED) is 0.324. The van der Waals surface area contributed by atoms with Crippen LogP contribution in [0, 0.1) is 12.3 Å². The standard InChI is InChI=1S/C29H48N4O5/c1-8-12-24(23-15-13-22(5)14-16-23)30-28(36)33-26(35)29(9-2,10-3)27(33)38-21-25(34)31(6)17-18-32(11-4)19-20-37-7/h13-16,24,27H,8-12,17-21H2,1-7H3,(H,30,36). The summed E-state index contributed by atoms with van der Waals surface area (Å²) in [4.78, 5) is 44.5. The fourth-order valence-corrected chi connectivity index (χ4v) is 4.92. The molecule has 1 saturated heterocycles. The van der Waals surface area contributed by atoms with Crippen LogP contribution in [0.2, 0.25) is 0 Å². The molecule has 38 heavy (non-hydrogen) atoms. The highest BCUT2D eigenvalue weighted by Crippen LogP contribution is 2.46. The highest BCUT2D eigenvalue weighted by atomic mass is 16.5. The Morgan fingerprint density at radius 3 is 2.29 bits per heavy atom. The zero-order chi connectivity index (χ0) is 28.3. The molecule has 9 nitrogen and oxygen atoms in total. The normalized spacial score (nSPS) is 17.3. The largest absolute Gasteiger partial charge is 0.383 e. The van der Waals surface area contributed by atoms with Crippen LogP contribution in [-0.4, -0.2) is 92.3 Å². The van der Waals surface area contributed by atoms with Gasteiger partial charge in [0.15, 0.2) is 6.23 Å². The number of nitrogens with zero attached hydrogens (tertiary/aromatic N) is 3. The molecule has 4 amide bonds. The summed E-state index contributed by atoms with van der Waals surface area (Å²) < 4.78 is 11.2. The van der Waals surface area contributed by atoms with E-state index in [1.807, 2.05) is 45.0 Å². The minimum absolute atomic E-state index is 0.183. The van der Waals surface area contributed by atoms with E-state index in [-0.39, 0.29) is 24.5 Å². The van der Waals surface area contributed by atoms with Crippen molar-refractivity contribution in [2.75, 3.05) is 53.6 Å². The number of urea groups is 1. The Labute approximate surface area is 228 Å². The number of hydrogen-bond acceptors (Lipinski definition) is 6. The molecule has 9 heteroatoms. The van der Waals surface area contributed by atoms with Gasteiger partial charge in [0.05, 0.1) is 18.1 Å². The monoisotopic (exact) mass is 532 g/mol. The molecule has 214 valence electrons. The molecule has 1 aliphatic rings. The number of hydrogen-bond donors (Lipinski definition) is 1. The number of carbonyl (C=O) groups is 3. The molecule has 2 atom stereocenters. The van der Waals surface area contributed by atoms with E-state index in [0.717, 1.165) is 43.6 Å². The van der Waals surface area contributed by atoms with E-state index in [4.69, 9.17) is 9.47 Å². The van der Waals surface area contributed by atoms with E-state index in [2.05, 4.69) is 24.1 Å². The number of rotatable bonds is 16. The van der Waals surface area contributed by atoms with Gasteiger partial charge in [-0.1, -0.05) is 63.9 Å². The molecule has 1 N–H and O–H groups in total. The number of carbonyl (C=O) groups excluding carboxylic acids is 3. The van der Waals surface area contributed by atoms with Crippen LogP contribution in [0.3, 0.4) is 0 Å². The average molecular weight is 533 g/mol. The van der Waals surface area contributed by atoms with E-state index in [1.54, 1.807) is 19.1 Å². The second kappa shape index (κ2) is 15.2. The van der Waals surface area contributed by atoms with Crippen molar-refractivity contribution >= 4 is 17.8 Å². The fraction of sp³-hybridized carbons (Fsp3) is 0.690. The maximum absolute atomic E-state index is 13.4. The predicted octanol–water partition coefficient (Wildman–Crippen LogP) is 3.96. The van der Waals surface area contributed by atoms with Gasteiger partial charge in [0.2, 0.25) is 11.8 Å². The summed E-state index contributed by atoms with van der Waals surface area (Å²) in [5.74, 6) is -0.432. The summed E-state index contributed by atoms with van der Waals surface area (Å²) in [5.41, 5.74) is 1.33. The molecule has 2 rings (SSSR count). The number of methoxy groups -OCH3 is 1. The summed E-state index contributed by atoms with van der Waals surface area (Å²) >= 11 is 0. The van der Waals surface area contributed by atoms with Gasteiger partial charge in [-0.15, -0.1) is 0 Å². The van der Waals surface area contributed by atoms with Gasteiger partial charge in [-0.25, -0.2) is 9.69 Å². The molecular formula is C29H48N4O5. The van der Waals surface area contributed by atoms with E-state index in [0.29, 0.717) is 26.0 Å². The Balaban J connectivity index is 2.07. The van der Waals surface area contributed by atoms with Crippen molar-refractivity contribution in [3.05, 3.63) is 35.4 Å². The third-order valence-electron chi connectivity index (χ3n) is 7.79. The SMILES string of the molecule is CCCC(NC(=O)N1C(=O)C(CC)(CC)C1OCC(=O)N(C)CCN(CC)CCOC)c1ccc(C)cc1. The molecule has 1 aromatic rings. The minimum atomic E-state index is -0.806. The Kier molecular flexibility index (Phi) is 12.7. The zero-order valence-electron chi connectivity index (χ0n) is 24.4. The molecule has 0 spiro atoms. The number of ether oxygens (including phenoxy) is 2. The molecule has 1 aliphatic heterocycles. The number of benzene rings is 1. The maximum Gasteiger partial charge on any atom is 0.326 e. The molecule has 1 fully saturated rings. The minimum Gasteiger partial charge on any atom is -0.383 e. The van der Waals surface area contributed by atoms with Crippen molar-refractivity contribution in [2.24, 2.45) is 5.41 Å². The van der Waals surface area contributed by atoms with E-state index in [1.165, 1.54) is 4.90 Å². The zero-order valence-corrected chi connectivity index (χ0v) is 24.4. The Morgan fingerprint density at radius 2 is 1.74 bits per heavy atom. The van der Waals surface area contributed by atoms with E-state index < -0.39 is 17.7 Å². The molecule has 0 radical (unpaired) electrons. The number of likely N-dealkylation sites (tertiary alicyclic amines) is 1. The van der Waals surface area contributed by atoms with Crippen LogP contribution < -0.4 is 5.32 Å². The van der Waals surface area contributed by atoms with Crippen LogP contribution in [0.25, 0.3) is 0 Å². The lowest BCUT2D eigenvalue weighted by atomic mass is 9.72. The Morgan fingerprint density at radius 1 is 1.08 bits per heavy atom. The van der Waals surface area contributed by atoms with Crippen LogP contribution >= 0.6 is 0 Å². The Bertz CT molecular complexity index is 903. The molecule has 0 aliphatic carbocycles. The van der Waals surface area contributed by atoms with Gasteiger partial charge in [0.25, 0.3) is 0 Å². The lowest BCUT2D eigenvalue weighted by Gasteiger charge is -2.53. The van der Waals surface area contributed by atoms with Crippen LogP contribution in [0.15, 0.2) is 24.3 Å². The van der Waals surface area contributed by atoms with Gasteiger partial charge in [-0.2, -0.15) is 0 Å². The number of β-lactam (4-membered cyclic amide) rings is 1. The van der Waals surface area contributed by atoms with Crippen molar-refractivity contribution in [1.29, 1.82) is 0 Å². The highest BCUT2D eigenvalue weighted by molar-refractivity contribution is 6.03. The van der Waals surface area contributed by atoms with Crippen molar-refractivity contribution in [3.63, 3.8) is 0 Å². The molecule has 2 unspecified atom stereocenters. The van der Waals surface area contributed by atoms with Crippen LogP contribution in [-0.2, 0) is 19.1 Å². The number of amides is 4. The second-order valence-electron chi connectivity index (χ2n) is 10.1. The average Bonchev–Trinajstić information content (AvgIpc) is 2.91. The summed E-state index contributed by atoms with van der Waals surface area (Å²) in [5, 5.41) is 3.04. The predicted molar refractivity (Wildman–Crippen MR) is 149 cm³/mol. The molecular weight excluding hydrogens is 484 g/mol. The first-order chi connectivity index (χ1) is 18.2. The summed E-state index contributed by atoms with van der Waals surface area (Å²) in [6.07, 6.45) is 1.90. The first-order valence-corrected chi connectivity index (χ1v) is 14.0. The maximum atomic E-state index is 13.4. The van der Waals surface area contributed by atoms with Crippen LogP contribution in [0.4, 0.5) is 4.79 Å². The van der Waals surface area contributed by atoms with Crippen LogP contribution in [0.1, 0.15) is 70.5 Å². The first-order valence-electron chi connectivity index (χ1n) is 14.0. The summed E-state index contributed by atoms with van der Waals surface area (Å²) in [7, 11) is 3.42. The molecule has 0 aromatic heterocycles.